The Bertz CT molecular complexity index is 306. The highest BCUT2D eigenvalue weighted by atomic mass is 14.0. The third-order valence-corrected chi connectivity index (χ3v) is 1.63. The summed E-state index contributed by atoms with van der Waals surface area (Å²) in [5.41, 5.74) is 2.32. The monoisotopic (exact) mass is 156 g/mol. The highest BCUT2D eigenvalue weighted by Crippen LogP contribution is 2.11. The maximum Gasteiger partial charge on any atom is -0.0184 e. The Hall–Kier alpha value is -1.56. The average Bonchev–Trinajstić information content (AvgIpc) is 2.15. The van der Waals surface area contributed by atoms with Crippen LogP contribution in [-0.2, 0) is 0 Å². The molecule has 0 saturated carbocycles. The third-order valence-electron chi connectivity index (χ3n) is 1.63. The second-order valence-corrected chi connectivity index (χ2v) is 2.43. The molecule has 0 N–H and O–H groups in total. The van der Waals surface area contributed by atoms with Crippen LogP contribution in [0, 0.1) is 0 Å². The molecule has 0 heterocycles. The lowest BCUT2D eigenvalue weighted by Crippen LogP contribution is -1.77. The summed E-state index contributed by atoms with van der Waals surface area (Å²) in [7, 11) is 0. The lowest BCUT2D eigenvalue weighted by atomic mass is 10.1. The highest BCUT2D eigenvalue weighted by molar-refractivity contribution is 5.64. The maximum absolute atomic E-state index is 3.74. The zero-order valence-corrected chi connectivity index (χ0v) is 7.03. The molecule has 0 aromatic heterocycles. The van der Waals surface area contributed by atoms with Crippen molar-refractivity contribution in [3.05, 3.63) is 60.7 Å². The molecule has 0 saturated heterocycles. The van der Waals surface area contributed by atoms with Crippen molar-refractivity contribution in [2.45, 2.75) is 0 Å². The van der Waals surface area contributed by atoms with Gasteiger partial charge in [0.05, 0.1) is 0 Å². The Kier molecular flexibility index (Phi) is 3.09. The molecule has 0 atom stereocenters. The number of allylic oxidation sites excluding steroid dienone is 2. The fraction of sp³-hybridized carbons (Fsp3) is 0. The SMILES string of the molecule is C=CC=Cc1ccccc1C=C. The van der Waals surface area contributed by atoms with E-state index in [2.05, 4.69) is 19.2 Å². The van der Waals surface area contributed by atoms with Gasteiger partial charge in [0.15, 0.2) is 0 Å². The zero-order chi connectivity index (χ0) is 8.81. The fourth-order valence-corrected chi connectivity index (χ4v) is 1.02. The van der Waals surface area contributed by atoms with Crippen LogP contribution in [0.3, 0.4) is 0 Å². The Morgan fingerprint density at radius 2 is 1.67 bits per heavy atom. The van der Waals surface area contributed by atoms with Gasteiger partial charge < -0.3 is 0 Å². The van der Waals surface area contributed by atoms with Crippen molar-refractivity contribution in [3.63, 3.8) is 0 Å². The first kappa shape index (κ1) is 8.54. The molecule has 1 aromatic carbocycles. The van der Waals surface area contributed by atoms with E-state index in [1.54, 1.807) is 6.08 Å². The van der Waals surface area contributed by atoms with Gasteiger partial charge in [0, 0.05) is 0 Å². The van der Waals surface area contributed by atoms with Crippen LogP contribution >= 0.6 is 0 Å². The molecule has 0 aliphatic heterocycles. The smallest absolute Gasteiger partial charge is 0.0184 e. The number of hydrogen-bond acceptors (Lipinski definition) is 0. The van der Waals surface area contributed by atoms with Crippen molar-refractivity contribution < 1.29 is 0 Å². The van der Waals surface area contributed by atoms with Crippen LogP contribution in [0.2, 0.25) is 0 Å². The molecule has 0 spiro atoms. The molecule has 0 unspecified atom stereocenters. The van der Waals surface area contributed by atoms with E-state index in [9.17, 15) is 0 Å². The van der Waals surface area contributed by atoms with E-state index in [1.807, 2.05) is 36.4 Å². The van der Waals surface area contributed by atoms with E-state index in [4.69, 9.17) is 0 Å². The van der Waals surface area contributed by atoms with Gasteiger partial charge in [-0.3, -0.25) is 0 Å². The molecule has 0 fully saturated rings. The molecule has 0 aliphatic carbocycles. The number of hydrogen-bond donors (Lipinski definition) is 0. The van der Waals surface area contributed by atoms with E-state index in [-0.39, 0.29) is 0 Å². The lowest BCUT2D eigenvalue weighted by Gasteiger charge is -1.97. The highest BCUT2D eigenvalue weighted by Gasteiger charge is 1.90. The van der Waals surface area contributed by atoms with E-state index in [0.29, 0.717) is 0 Å². The second kappa shape index (κ2) is 4.35. The Balaban J connectivity index is 3.04. The molecule has 0 aliphatic rings. The van der Waals surface area contributed by atoms with Crippen LogP contribution in [0.25, 0.3) is 12.2 Å². The second-order valence-electron chi connectivity index (χ2n) is 2.43. The van der Waals surface area contributed by atoms with Crippen LogP contribution in [0.4, 0.5) is 0 Å². The van der Waals surface area contributed by atoms with Crippen LogP contribution in [0.5, 0.6) is 0 Å². The van der Waals surface area contributed by atoms with E-state index >= 15 is 0 Å². The summed E-state index contributed by atoms with van der Waals surface area (Å²) in [5.74, 6) is 0. The molecular formula is C12H12. The predicted molar refractivity (Wildman–Crippen MR) is 55.8 cm³/mol. The van der Waals surface area contributed by atoms with Gasteiger partial charge in [-0.2, -0.15) is 0 Å². The summed E-state index contributed by atoms with van der Waals surface area (Å²) in [4.78, 5) is 0. The molecule has 0 bridgehead atoms. The molecule has 12 heavy (non-hydrogen) atoms. The third kappa shape index (κ3) is 1.96. The predicted octanol–water partition coefficient (Wildman–Crippen LogP) is 3.53. The molecule has 1 rings (SSSR count). The normalized spacial score (nSPS) is 10.0. The fourth-order valence-electron chi connectivity index (χ4n) is 1.02. The summed E-state index contributed by atoms with van der Waals surface area (Å²) >= 11 is 0. The molecule has 1 aromatic rings. The summed E-state index contributed by atoms with van der Waals surface area (Å²) in [6.45, 7) is 7.36. The van der Waals surface area contributed by atoms with Crippen molar-refractivity contribution in [1.82, 2.24) is 0 Å². The van der Waals surface area contributed by atoms with Crippen molar-refractivity contribution >= 4 is 12.2 Å². The minimum Gasteiger partial charge on any atom is -0.0991 e. The zero-order valence-electron chi connectivity index (χ0n) is 7.03. The maximum atomic E-state index is 3.74. The Morgan fingerprint density at radius 1 is 1.00 bits per heavy atom. The van der Waals surface area contributed by atoms with Crippen molar-refractivity contribution in [2.75, 3.05) is 0 Å². The van der Waals surface area contributed by atoms with Crippen molar-refractivity contribution in [2.24, 2.45) is 0 Å². The largest absolute Gasteiger partial charge is 0.0991 e. The van der Waals surface area contributed by atoms with Crippen LogP contribution in [0.15, 0.2) is 49.6 Å². The average molecular weight is 156 g/mol. The van der Waals surface area contributed by atoms with Crippen molar-refractivity contribution in [1.29, 1.82) is 0 Å². The lowest BCUT2D eigenvalue weighted by molar-refractivity contribution is 1.61. The Labute approximate surface area is 73.6 Å². The Morgan fingerprint density at radius 3 is 2.25 bits per heavy atom. The minimum atomic E-state index is 1.15. The van der Waals surface area contributed by atoms with Gasteiger partial charge in [0.25, 0.3) is 0 Å². The molecule has 60 valence electrons. The van der Waals surface area contributed by atoms with E-state index in [1.165, 1.54) is 5.56 Å². The molecule has 0 heteroatoms. The summed E-state index contributed by atoms with van der Waals surface area (Å²) in [6.07, 6.45) is 7.55. The molecule has 0 radical (unpaired) electrons. The van der Waals surface area contributed by atoms with Gasteiger partial charge in [-0.05, 0) is 11.1 Å². The minimum absolute atomic E-state index is 1.15. The molecule has 0 amide bonds. The standard InChI is InChI=1S/C12H12/c1-3-5-8-12-10-7-6-9-11(12)4-2/h3-10H,1-2H2. The number of rotatable bonds is 3. The van der Waals surface area contributed by atoms with Gasteiger partial charge in [-0.15, -0.1) is 0 Å². The van der Waals surface area contributed by atoms with Crippen molar-refractivity contribution in [3.8, 4) is 0 Å². The van der Waals surface area contributed by atoms with Crippen LogP contribution in [-0.4, -0.2) is 0 Å². The van der Waals surface area contributed by atoms with Crippen LogP contribution in [0.1, 0.15) is 11.1 Å². The van der Waals surface area contributed by atoms with Gasteiger partial charge in [-0.1, -0.05) is 61.7 Å². The van der Waals surface area contributed by atoms with E-state index < -0.39 is 0 Å². The van der Waals surface area contributed by atoms with Gasteiger partial charge >= 0.3 is 0 Å². The topological polar surface area (TPSA) is 0 Å². The van der Waals surface area contributed by atoms with E-state index in [0.717, 1.165) is 5.56 Å². The first-order valence-corrected chi connectivity index (χ1v) is 3.89. The first-order valence-electron chi connectivity index (χ1n) is 3.89. The number of benzene rings is 1. The summed E-state index contributed by atoms with van der Waals surface area (Å²) < 4.78 is 0. The molecule has 0 nitrogen and oxygen atoms in total. The molecular weight excluding hydrogens is 144 g/mol. The quantitative estimate of drug-likeness (QED) is 0.587. The van der Waals surface area contributed by atoms with Gasteiger partial charge in [0.1, 0.15) is 0 Å². The van der Waals surface area contributed by atoms with Gasteiger partial charge in [0.2, 0.25) is 0 Å². The summed E-state index contributed by atoms with van der Waals surface area (Å²) in [6, 6.07) is 8.10. The summed E-state index contributed by atoms with van der Waals surface area (Å²) in [5, 5.41) is 0. The van der Waals surface area contributed by atoms with Gasteiger partial charge in [-0.25, -0.2) is 0 Å². The first-order chi connectivity index (χ1) is 5.88. The van der Waals surface area contributed by atoms with Crippen LogP contribution < -0.4 is 0 Å².